The van der Waals surface area contributed by atoms with Gasteiger partial charge in [0, 0.05) is 11.6 Å². The molecule has 0 aliphatic heterocycles. The Labute approximate surface area is 170 Å². The van der Waals surface area contributed by atoms with Crippen molar-refractivity contribution in [2.75, 3.05) is 5.32 Å². The summed E-state index contributed by atoms with van der Waals surface area (Å²) < 4.78 is 38.8. The number of rotatable bonds is 6. The number of carbonyl (C=O) groups is 1. The Bertz CT molecular complexity index is 973. The molecule has 0 aliphatic rings. The van der Waals surface area contributed by atoms with E-state index in [1.807, 2.05) is 19.9 Å². The molecule has 0 saturated heterocycles. The van der Waals surface area contributed by atoms with Crippen LogP contribution in [-0.2, 0) is 11.0 Å². The van der Waals surface area contributed by atoms with Gasteiger partial charge in [-0.2, -0.15) is 13.2 Å². The lowest BCUT2D eigenvalue weighted by atomic mass is 10.1. The molecule has 0 bridgehead atoms. The van der Waals surface area contributed by atoms with E-state index in [0.717, 1.165) is 23.9 Å². The molecule has 3 rings (SSSR count). The summed E-state index contributed by atoms with van der Waals surface area (Å²) in [4.78, 5) is 17.3. The number of anilines is 1. The van der Waals surface area contributed by atoms with Crippen LogP contribution in [0.4, 0.5) is 18.9 Å². The van der Waals surface area contributed by atoms with Crippen molar-refractivity contribution in [3.05, 3.63) is 71.5 Å². The van der Waals surface area contributed by atoms with Gasteiger partial charge in [0.2, 0.25) is 11.1 Å². The number of amides is 1. The third kappa shape index (κ3) is 5.38. The number of H-pyrrole nitrogens is 1. The minimum absolute atomic E-state index is 0.0733. The number of nitrogens with zero attached hydrogens (tertiary/aromatic N) is 2. The van der Waals surface area contributed by atoms with Gasteiger partial charge in [-0.15, -0.1) is 5.10 Å². The van der Waals surface area contributed by atoms with E-state index in [9.17, 15) is 18.0 Å². The van der Waals surface area contributed by atoms with Crippen molar-refractivity contribution in [1.29, 1.82) is 0 Å². The van der Waals surface area contributed by atoms with E-state index < -0.39 is 22.9 Å². The van der Waals surface area contributed by atoms with Crippen LogP contribution in [0, 0.1) is 0 Å². The Balaban J connectivity index is 1.85. The largest absolute Gasteiger partial charge is 0.416 e. The Hall–Kier alpha value is -2.81. The van der Waals surface area contributed by atoms with Crippen molar-refractivity contribution >= 4 is 23.4 Å². The van der Waals surface area contributed by atoms with Crippen LogP contribution in [0.3, 0.4) is 0 Å². The van der Waals surface area contributed by atoms with E-state index >= 15 is 0 Å². The van der Waals surface area contributed by atoms with Gasteiger partial charge in [-0.05, 0) is 23.8 Å². The zero-order chi connectivity index (χ0) is 21.0. The highest BCUT2D eigenvalue weighted by molar-refractivity contribution is 8.00. The Kier molecular flexibility index (Phi) is 6.26. The summed E-state index contributed by atoms with van der Waals surface area (Å²) in [6, 6.07) is 13.5. The van der Waals surface area contributed by atoms with E-state index in [1.54, 1.807) is 24.3 Å². The third-order valence-electron chi connectivity index (χ3n) is 4.05. The molecule has 5 nitrogen and oxygen atoms in total. The molecule has 0 radical (unpaired) electrons. The van der Waals surface area contributed by atoms with Crippen molar-refractivity contribution in [3.8, 4) is 0 Å². The molecule has 9 heteroatoms. The molecule has 152 valence electrons. The molecule has 2 N–H and O–H groups in total. The van der Waals surface area contributed by atoms with Crippen LogP contribution >= 0.6 is 11.8 Å². The lowest BCUT2D eigenvalue weighted by molar-refractivity contribution is -0.137. The number of hydrogen-bond donors (Lipinski definition) is 2. The first-order valence-electron chi connectivity index (χ1n) is 8.86. The van der Waals surface area contributed by atoms with Crippen LogP contribution in [0.15, 0.2) is 59.8 Å². The zero-order valence-electron chi connectivity index (χ0n) is 15.7. The van der Waals surface area contributed by atoms with Crippen LogP contribution in [0.2, 0.25) is 0 Å². The fraction of sp³-hybridized carbons (Fsp3) is 0.250. The maximum atomic E-state index is 12.9. The van der Waals surface area contributed by atoms with E-state index in [4.69, 9.17) is 0 Å². The van der Waals surface area contributed by atoms with E-state index in [1.165, 1.54) is 12.1 Å². The van der Waals surface area contributed by atoms with Crippen LogP contribution in [0.5, 0.6) is 0 Å². The number of carbonyl (C=O) groups excluding carboxylic acids is 1. The van der Waals surface area contributed by atoms with Crippen molar-refractivity contribution in [2.45, 2.75) is 36.3 Å². The van der Waals surface area contributed by atoms with Crippen molar-refractivity contribution in [3.63, 3.8) is 0 Å². The number of hydrogen-bond acceptors (Lipinski definition) is 4. The molecular formula is C20H19F3N4OS. The van der Waals surface area contributed by atoms with Crippen LogP contribution in [0.25, 0.3) is 0 Å². The van der Waals surface area contributed by atoms with Crippen molar-refractivity contribution in [2.24, 2.45) is 0 Å². The lowest BCUT2D eigenvalue weighted by Gasteiger charge is -2.16. The second-order valence-electron chi connectivity index (χ2n) is 6.63. The molecule has 3 aromatic rings. The summed E-state index contributed by atoms with van der Waals surface area (Å²) in [5.74, 6) is 0.375. The zero-order valence-corrected chi connectivity index (χ0v) is 16.5. The molecule has 1 amide bonds. The first-order valence-corrected chi connectivity index (χ1v) is 9.74. The van der Waals surface area contributed by atoms with Crippen molar-refractivity contribution in [1.82, 2.24) is 15.2 Å². The van der Waals surface area contributed by atoms with Crippen LogP contribution in [0.1, 0.15) is 42.0 Å². The van der Waals surface area contributed by atoms with Gasteiger partial charge in [0.05, 0.1) is 5.56 Å². The first kappa shape index (κ1) is 20.9. The number of thioether (sulfide) groups is 1. The number of nitrogens with one attached hydrogen (secondary N) is 2. The first-order chi connectivity index (χ1) is 13.7. The average molecular weight is 420 g/mol. The monoisotopic (exact) mass is 420 g/mol. The van der Waals surface area contributed by atoms with Gasteiger partial charge in [-0.1, -0.05) is 62.0 Å². The molecule has 1 atom stereocenters. The van der Waals surface area contributed by atoms with Crippen LogP contribution < -0.4 is 5.32 Å². The summed E-state index contributed by atoms with van der Waals surface area (Å²) in [5.41, 5.74) is -0.0585. The molecule has 1 heterocycles. The molecule has 0 saturated carbocycles. The number of aromatic amines is 1. The van der Waals surface area contributed by atoms with E-state index in [0.29, 0.717) is 16.5 Å². The molecule has 29 heavy (non-hydrogen) atoms. The molecule has 0 spiro atoms. The van der Waals surface area contributed by atoms with E-state index in [2.05, 4.69) is 20.5 Å². The summed E-state index contributed by atoms with van der Waals surface area (Å²) in [7, 11) is 0. The standard InChI is InChI=1S/C20H19F3N4OS/c1-12(2)17-25-19(27-26-17)29-16(13-7-4-3-5-8-13)18(28)24-15-10-6-9-14(11-15)20(21,22)23/h3-12,16H,1-2H3,(H,24,28)(H,25,26,27). The highest BCUT2D eigenvalue weighted by Gasteiger charge is 2.31. The van der Waals surface area contributed by atoms with Crippen molar-refractivity contribution < 1.29 is 18.0 Å². The SMILES string of the molecule is CC(C)c1nc(SC(C(=O)Nc2cccc(C(F)(F)F)c2)c2ccccc2)n[nH]1. The lowest BCUT2D eigenvalue weighted by Crippen LogP contribution is -2.19. The van der Waals surface area contributed by atoms with Gasteiger partial charge in [0.1, 0.15) is 11.1 Å². The number of benzene rings is 2. The average Bonchev–Trinajstić information content (AvgIpc) is 3.15. The summed E-state index contributed by atoms with van der Waals surface area (Å²) >= 11 is 1.13. The normalized spacial score (nSPS) is 12.8. The number of halogens is 3. The highest BCUT2D eigenvalue weighted by Crippen LogP contribution is 2.35. The summed E-state index contributed by atoms with van der Waals surface area (Å²) in [6.07, 6.45) is -4.49. The quantitative estimate of drug-likeness (QED) is 0.523. The Morgan fingerprint density at radius 2 is 1.83 bits per heavy atom. The van der Waals surface area contributed by atoms with Gasteiger partial charge in [-0.25, -0.2) is 4.98 Å². The molecule has 0 fully saturated rings. The Morgan fingerprint density at radius 3 is 2.45 bits per heavy atom. The fourth-order valence-electron chi connectivity index (χ4n) is 2.56. The van der Waals surface area contributed by atoms with Crippen LogP contribution in [-0.4, -0.2) is 21.1 Å². The maximum absolute atomic E-state index is 12.9. The maximum Gasteiger partial charge on any atom is 0.416 e. The van der Waals surface area contributed by atoms with E-state index in [-0.39, 0.29) is 11.6 Å². The molecule has 1 aromatic heterocycles. The smallest absolute Gasteiger partial charge is 0.325 e. The van der Waals surface area contributed by atoms with Gasteiger partial charge < -0.3 is 5.32 Å². The van der Waals surface area contributed by atoms with Gasteiger partial charge in [0.25, 0.3) is 0 Å². The topological polar surface area (TPSA) is 70.7 Å². The van der Waals surface area contributed by atoms with Gasteiger partial charge in [-0.3, -0.25) is 9.89 Å². The number of alkyl halides is 3. The minimum Gasteiger partial charge on any atom is -0.325 e. The molecular weight excluding hydrogens is 401 g/mol. The predicted octanol–water partition coefficient (Wildman–Crippen LogP) is 5.42. The fourth-order valence-corrected chi connectivity index (χ4v) is 3.48. The molecule has 1 unspecified atom stereocenters. The molecule has 0 aliphatic carbocycles. The second kappa shape index (κ2) is 8.69. The van der Waals surface area contributed by atoms with Gasteiger partial charge in [0.15, 0.2) is 0 Å². The second-order valence-corrected chi connectivity index (χ2v) is 7.71. The number of aromatic nitrogens is 3. The molecule has 2 aromatic carbocycles. The van der Waals surface area contributed by atoms with Gasteiger partial charge >= 0.3 is 6.18 Å². The summed E-state index contributed by atoms with van der Waals surface area (Å²) in [5, 5.41) is 9.21. The minimum atomic E-state index is -4.49. The summed E-state index contributed by atoms with van der Waals surface area (Å²) in [6.45, 7) is 3.92. The third-order valence-corrected chi connectivity index (χ3v) is 5.17. The Morgan fingerprint density at radius 1 is 1.10 bits per heavy atom. The highest BCUT2D eigenvalue weighted by atomic mass is 32.2. The predicted molar refractivity (Wildman–Crippen MR) is 106 cm³/mol.